The van der Waals surface area contributed by atoms with Gasteiger partial charge in [-0.3, -0.25) is 19.7 Å². The van der Waals surface area contributed by atoms with Crippen molar-refractivity contribution < 1.29 is 24.3 Å². The van der Waals surface area contributed by atoms with Crippen molar-refractivity contribution in [1.82, 2.24) is 15.5 Å². The number of imide groups is 1. The molecule has 1 aromatic rings. The minimum Gasteiger partial charge on any atom is -0.481 e. The van der Waals surface area contributed by atoms with Crippen molar-refractivity contribution in [3.63, 3.8) is 0 Å². The molecule has 0 bridgehead atoms. The Morgan fingerprint density at radius 2 is 2.07 bits per heavy atom. The first-order valence-electron chi connectivity index (χ1n) is 9.08. The molecule has 4 amide bonds. The van der Waals surface area contributed by atoms with Crippen LogP contribution in [0.1, 0.15) is 54.9 Å². The fourth-order valence-electron chi connectivity index (χ4n) is 3.73. The van der Waals surface area contributed by atoms with E-state index in [4.69, 9.17) is 5.11 Å². The molecule has 0 radical (unpaired) electrons. The van der Waals surface area contributed by atoms with Gasteiger partial charge in [-0.2, -0.15) is 0 Å². The van der Waals surface area contributed by atoms with E-state index in [2.05, 4.69) is 10.6 Å². The van der Waals surface area contributed by atoms with E-state index in [9.17, 15) is 19.2 Å². The van der Waals surface area contributed by atoms with Gasteiger partial charge in [-0.15, -0.1) is 0 Å². The summed E-state index contributed by atoms with van der Waals surface area (Å²) in [6.45, 7) is 2.18. The predicted molar refractivity (Wildman–Crippen MR) is 96.0 cm³/mol. The number of rotatable bonds is 5. The lowest BCUT2D eigenvalue weighted by Crippen LogP contribution is -2.44. The van der Waals surface area contributed by atoms with E-state index in [-0.39, 0.29) is 18.4 Å². The van der Waals surface area contributed by atoms with Crippen LogP contribution in [0.5, 0.6) is 0 Å². The first-order valence-corrected chi connectivity index (χ1v) is 9.08. The third-order valence-corrected chi connectivity index (χ3v) is 5.31. The van der Waals surface area contributed by atoms with Crippen LogP contribution in [-0.2, 0) is 15.1 Å². The summed E-state index contributed by atoms with van der Waals surface area (Å²) in [4.78, 5) is 49.4. The number of benzene rings is 1. The summed E-state index contributed by atoms with van der Waals surface area (Å²) in [6.07, 6.45) is 3.09. The number of hydrogen-bond donors (Lipinski definition) is 3. The molecule has 0 aromatic heterocycles. The Labute approximate surface area is 156 Å². The van der Waals surface area contributed by atoms with Crippen molar-refractivity contribution in [3.05, 3.63) is 35.4 Å². The third kappa shape index (κ3) is 3.79. The standard InChI is InChI=1S/C19H23N3O5/c1-19(17(26)20-18(27)21-19)13-6-4-5-12(11-13)16(25)22-10-3-2-7-14(22)8-9-15(23)24/h4-6,11,14H,2-3,7-10H2,1H3,(H,23,24)(H2,20,21,26,27). The van der Waals surface area contributed by atoms with Gasteiger partial charge >= 0.3 is 12.0 Å². The largest absolute Gasteiger partial charge is 0.481 e. The lowest BCUT2D eigenvalue weighted by molar-refractivity contribution is -0.137. The third-order valence-electron chi connectivity index (χ3n) is 5.31. The molecule has 2 unspecified atom stereocenters. The molecular weight excluding hydrogens is 350 g/mol. The van der Waals surface area contributed by atoms with E-state index < -0.39 is 23.4 Å². The Morgan fingerprint density at radius 3 is 2.74 bits per heavy atom. The van der Waals surface area contributed by atoms with Crippen molar-refractivity contribution in [2.75, 3.05) is 6.54 Å². The van der Waals surface area contributed by atoms with Crippen LogP contribution in [0.4, 0.5) is 4.79 Å². The first-order chi connectivity index (χ1) is 12.8. The summed E-state index contributed by atoms with van der Waals surface area (Å²) in [7, 11) is 0. The maximum atomic E-state index is 13.1. The number of carbonyl (C=O) groups is 4. The van der Waals surface area contributed by atoms with Gasteiger partial charge in [0.05, 0.1) is 0 Å². The summed E-state index contributed by atoms with van der Waals surface area (Å²) >= 11 is 0. The van der Waals surface area contributed by atoms with Gasteiger partial charge in [0.15, 0.2) is 0 Å². The minimum atomic E-state index is -1.22. The monoisotopic (exact) mass is 373 g/mol. The highest BCUT2D eigenvalue weighted by Gasteiger charge is 2.43. The summed E-state index contributed by atoms with van der Waals surface area (Å²) in [5, 5.41) is 13.7. The summed E-state index contributed by atoms with van der Waals surface area (Å²) < 4.78 is 0. The molecular formula is C19H23N3O5. The molecule has 27 heavy (non-hydrogen) atoms. The number of nitrogens with zero attached hydrogens (tertiary/aromatic N) is 1. The number of carboxylic acid groups (broad SMARTS) is 1. The number of carboxylic acids is 1. The Balaban J connectivity index is 1.83. The topological polar surface area (TPSA) is 116 Å². The Kier molecular flexibility index (Phi) is 5.16. The zero-order valence-corrected chi connectivity index (χ0v) is 15.2. The van der Waals surface area contributed by atoms with E-state index >= 15 is 0 Å². The number of aliphatic carboxylic acids is 1. The Hall–Kier alpha value is -2.90. The number of hydrogen-bond acceptors (Lipinski definition) is 4. The molecule has 8 heteroatoms. The van der Waals surface area contributed by atoms with E-state index in [1.54, 1.807) is 36.1 Å². The molecule has 2 atom stereocenters. The number of likely N-dealkylation sites (tertiary alicyclic amines) is 1. The fourth-order valence-corrected chi connectivity index (χ4v) is 3.73. The molecule has 3 N–H and O–H groups in total. The van der Waals surface area contributed by atoms with Crippen molar-refractivity contribution in [2.45, 2.75) is 50.6 Å². The van der Waals surface area contributed by atoms with Gasteiger partial charge in [0.2, 0.25) is 0 Å². The molecule has 2 saturated heterocycles. The average molecular weight is 373 g/mol. The molecule has 2 aliphatic heterocycles. The van der Waals surface area contributed by atoms with Crippen LogP contribution in [0.15, 0.2) is 24.3 Å². The highest BCUT2D eigenvalue weighted by Crippen LogP contribution is 2.27. The summed E-state index contributed by atoms with van der Waals surface area (Å²) in [5.74, 6) is -1.51. The van der Waals surface area contributed by atoms with Gasteiger partial charge in [0.1, 0.15) is 5.54 Å². The number of amides is 4. The first kappa shape index (κ1) is 18.9. The molecule has 144 valence electrons. The van der Waals surface area contributed by atoms with Crippen molar-refractivity contribution in [2.24, 2.45) is 0 Å². The smallest absolute Gasteiger partial charge is 0.322 e. The molecule has 2 aliphatic rings. The maximum absolute atomic E-state index is 13.1. The zero-order chi connectivity index (χ0) is 19.6. The van der Waals surface area contributed by atoms with Crippen LogP contribution in [-0.4, -0.2) is 46.4 Å². The predicted octanol–water partition coefficient (Wildman–Crippen LogP) is 1.60. The normalized spacial score (nSPS) is 25.1. The van der Waals surface area contributed by atoms with Gasteiger partial charge in [0.25, 0.3) is 11.8 Å². The molecule has 0 aliphatic carbocycles. The molecule has 0 spiro atoms. The molecule has 2 fully saturated rings. The lowest BCUT2D eigenvalue weighted by Gasteiger charge is -2.36. The Bertz CT molecular complexity index is 793. The fraction of sp³-hybridized carbons (Fsp3) is 0.474. The van der Waals surface area contributed by atoms with Crippen LogP contribution in [0.25, 0.3) is 0 Å². The zero-order valence-electron chi connectivity index (χ0n) is 15.2. The second-order valence-corrected chi connectivity index (χ2v) is 7.19. The Morgan fingerprint density at radius 1 is 1.30 bits per heavy atom. The van der Waals surface area contributed by atoms with E-state index in [0.29, 0.717) is 24.1 Å². The highest BCUT2D eigenvalue weighted by molar-refractivity contribution is 6.07. The molecule has 2 heterocycles. The van der Waals surface area contributed by atoms with Crippen molar-refractivity contribution in [3.8, 4) is 0 Å². The van der Waals surface area contributed by atoms with Gasteiger partial charge in [-0.05, 0) is 50.3 Å². The number of urea groups is 1. The van der Waals surface area contributed by atoms with Crippen molar-refractivity contribution in [1.29, 1.82) is 0 Å². The number of piperidine rings is 1. The quantitative estimate of drug-likeness (QED) is 0.678. The average Bonchev–Trinajstić information content (AvgIpc) is 2.92. The van der Waals surface area contributed by atoms with Gasteiger partial charge < -0.3 is 15.3 Å². The molecule has 8 nitrogen and oxygen atoms in total. The van der Waals surface area contributed by atoms with Crippen LogP contribution in [0, 0.1) is 0 Å². The van der Waals surface area contributed by atoms with Gasteiger partial charge in [-0.1, -0.05) is 12.1 Å². The van der Waals surface area contributed by atoms with E-state index in [1.807, 2.05) is 0 Å². The number of nitrogens with one attached hydrogen (secondary N) is 2. The number of carbonyl (C=O) groups excluding carboxylic acids is 3. The van der Waals surface area contributed by atoms with Crippen LogP contribution in [0.3, 0.4) is 0 Å². The van der Waals surface area contributed by atoms with E-state index in [1.165, 1.54) is 0 Å². The summed E-state index contributed by atoms with van der Waals surface area (Å²) in [6, 6.07) is 6.00. The van der Waals surface area contributed by atoms with Crippen LogP contribution in [0.2, 0.25) is 0 Å². The summed E-state index contributed by atoms with van der Waals surface area (Å²) in [5.41, 5.74) is -0.279. The minimum absolute atomic E-state index is 0.0265. The second kappa shape index (κ2) is 7.38. The van der Waals surface area contributed by atoms with Crippen molar-refractivity contribution >= 4 is 23.8 Å². The van der Waals surface area contributed by atoms with Crippen LogP contribution < -0.4 is 10.6 Å². The molecule has 0 saturated carbocycles. The highest BCUT2D eigenvalue weighted by atomic mass is 16.4. The van der Waals surface area contributed by atoms with Gasteiger partial charge in [0, 0.05) is 24.6 Å². The SMILES string of the molecule is CC1(c2cccc(C(=O)N3CCCCC3CCC(=O)O)c2)NC(=O)NC1=O. The van der Waals surface area contributed by atoms with Crippen LogP contribution >= 0.6 is 0 Å². The molecule has 1 aromatic carbocycles. The second-order valence-electron chi connectivity index (χ2n) is 7.19. The molecule has 3 rings (SSSR count). The maximum Gasteiger partial charge on any atom is 0.322 e. The van der Waals surface area contributed by atoms with Gasteiger partial charge in [-0.25, -0.2) is 4.79 Å². The lowest BCUT2D eigenvalue weighted by atomic mass is 9.90. The van der Waals surface area contributed by atoms with E-state index in [0.717, 1.165) is 19.3 Å².